The van der Waals surface area contributed by atoms with Gasteiger partial charge in [0.05, 0.1) is 18.4 Å². The van der Waals surface area contributed by atoms with Crippen molar-refractivity contribution in [2.24, 2.45) is 0 Å². The van der Waals surface area contributed by atoms with Gasteiger partial charge >= 0.3 is 5.97 Å². The first-order chi connectivity index (χ1) is 11.1. The first-order valence-corrected chi connectivity index (χ1v) is 7.37. The van der Waals surface area contributed by atoms with E-state index in [4.69, 9.17) is 16.3 Å². The molecule has 0 fully saturated rings. The van der Waals surface area contributed by atoms with E-state index in [9.17, 15) is 9.90 Å². The Bertz CT molecular complexity index is 848. The molecule has 3 rings (SSSR count). The van der Waals surface area contributed by atoms with Gasteiger partial charge in [0, 0.05) is 12.3 Å². The largest absolute Gasteiger partial charge is 0.478 e. The molecule has 0 saturated carbocycles. The van der Waals surface area contributed by atoms with Gasteiger partial charge in [-0.25, -0.2) is 14.3 Å². The van der Waals surface area contributed by atoms with Crippen molar-refractivity contribution in [1.82, 2.24) is 14.6 Å². The summed E-state index contributed by atoms with van der Waals surface area (Å²) >= 11 is 5.90. The molecule has 0 aliphatic carbocycles. The molecule has 0 aliphatic heterocycles. The second-order valence-electron chi connectivity index (χ2n) is 5.04. The zero-order valence-electron chi connectivity index (χ0n) is 12.3. The number of hydrogen-bond donors (Lipinski definition) is 1. The highest BCUT2D eigenvalue weighted by Gasteiger charge is 2.22. The van der Waals surface area contributed by atoms with Crippen molar-refractivity contribution in [3.63, 3.8) is 0 Å². The molecule has 2 heterocycles. The second kappa shape index (κ2) is 6.36. The maximum atomic E-state index is 11.5. The lowest BCUT2D eigenvalue weighted by molar-refractivity contribution is 0.0454. The number of benzene rings is 1. The van der Waals surface area contributed by atoms with Gasteiger partial charge in [-0.05, 0) is 12.5 Å². The number of hydrogen-bond acceptors (Lipinski definition) is 4. The standard InChI is InChI=1S/C16H14ClN3O3/c1-10(23-9-11-5-3-2-4-6-11)15-12(16(21)22)8-18-14-7-13(17)19-20(14)15/h2-8,10H,9H2,1H3,(H,21,22). The van der Waals surface area contributed by atoms with Gasteiger partial charge in [0.15, 0.2) is 10.8 Å². The minimum absolute atomic E-state index is 0.0397. The third-order valence-corrected chi connectivity index (χ3v) is 3.63. The fraction of sp³-hybridized carbons (Fsp3) is 0.188. The number of fused-ring (bicyclic) bond motifs is 1. The van der Waals surface area contributed by atoms with E-state index in [0.29, 0.717) is 17.9 Å². The molecule has 118 valence electrons. The Hall–Kier alpha value is -2.44. The van der Waals surface area contributed by atoms with Gasteiger partial charge in [0.25, 0.3) is 0 Å². The summed E-state index contributed by atoms with van der Waals surface area (Å²) in [6, 6.07) is 11.2. The quantitative estimate of drug-likeness (QED) is 0.775. The first-order valence-electron chi connectivity index (χ1n) is 6.99. The highest BCUT2D eigenvalue weighted by atomic mass is 35.5. The summed E-state index contributed by atoms with van der Waals surface area (Å²) in [7, 11) is 0. The van der Waals surface area contributed by atoms with Crippen molar-refractivity contribution < 1.29 is 14.6 Å². The Morgan fingerprint density at radius 2 is 2.13 bits per heavy atom. The van der Waals surface area contributed by atoms with Crippen LogP contribution in [0.5, 0.6) is 0 Å². The van der Waals surface area contributed by atoms with E-state index in [1.165, 1.54) is 10.7 Å². The van der Waals surface area contributed by atoms with Crippen LogP contribution in [0.2, 0.25) is 5.15 Å². The minimum Gasteiger partial charge on any atom is -0.478 e. The van der Waals surface area contributed by atoms with Gasteiger partial charge in [-0.3, -0.25) is 0 Å². The van der Waals surface area contributed by atoms with Gasteiger partial charge in [-0.1, -0.05) is 41.9 Å². The van der Waals surface area contributed by atoms with Crippen molar-refractivity contribution in [2.75, 3.05) is 0 Å². The van der Waals surface area contributed by atoms with Crippen molar-refractivity contribution in [2.45, 2.75) is 19.6 Å². The number of rotatable bonds is 5. The zero-order chi connectivity index (χ0) is 16.4. The predicted molar refractivity (Wildman–Crippen MR) is 84.6 cm³/mol. The Morgan fingerprint density at radius 3 is 2.83 bits per heavy atom. The summed E-state index contributed by atoms with van der Waals surface area (Å²) in [4.78, 5) is 15.5. The van der Waals surface area contributed by atoms with E-state index in [-0.39, 0.29) is 10.7 Å². The maximum absolute atomic E-state index is 11.5. The number of nitrogens with zero attached hydrogens (tertiary/aromatic N) is 3. The van der Waals surface area contributed by atoms with Crippen LogP contribution in [0.15, 0.2) is 42.6 Å². The van der Waals surface area contributed by atoms with Gasteiger partial charge in [-0.2, -0.15) is 5.10 Å². The average molecular weight is 332 g/mol. The van der Waals surface area contributed by atoms with Crippen LogP contribution in [0.3, 0.4) is 0 Å². The average Bonchev–Trinajstić information content (AvgIpc) is 2.92. The van der Waals surface area contributed by atoms with E-state index >= 15 is 0 Å². The number of ether oxygens (including phenoxy) is 1. The third-order valence-electron chi connectivity index (χ3n) is 3.45. The smallest absolute Gasteiger partial charge is 0.339 e. The molecular weight excluding hydrogens is 318 g/mol. The number of carbonyl (C=O) groups is 1. The molecule has 6 nitrogen and oxygen atoms in total. The zero-order valence-corrected chi connectivity index (χ0v) is 13.1. The van der Waals surface area contributed by atoms with E-state index in [0.717, 1.165) is 5.56 Å². The van der Waals surface area contributed by atoms with Crippen LogP contribution in [-0.2, 0) is 11.3 Å². The molecular formula is C16H14ClN3O3. The molecule has 0 aliphatic rings. The number of carboxylic acids is 1. The molecule has 1 atom stereocenters. The fourth-order valence-electron chi connectivity index (χ4n) is 2.35. The molecule has 0 spiro atoms. The van der Waals surface area contributed by atoms with Crippen LogP contribution in [0.4, 0.5) is 0 Å². The number of aromatic nitrogens is 3. The van der Waals surface area contributed by atoms with E-state index < -0.39 is 12.1 Å². The molecule has 0 amide bonds. The Kier molecular flexibility index (Phi) is 4.27. The Morgan fingerprint density at radius 1 is 1.39 bits per heavy atom. The lowest BCUT2D eigenvalue weighted by Crippen LogP contribution is -2.15. The maximum Gasteiger partial charge on any atom is 0.339 e. The summed E-state index contributed by atoms with van der Waals surface area (Å²) in [6.45, 7) is 2.14. The topological polar surface area (TPSA) is 76.7 Å². The third kappa shape index (κ3) is 3.18. The number of halogens is 1. The second-order valence-corrected chi connectivity index (χ2v) is 5.43. The van der Waals surface area contributed by atoms with Crippen molar-refractivity contribution in [1.29, 1.82) is 0 Å². The molecule has 1 unspecified atom stereocenters. The normalized spacial score (nSPS) is 12.4. The Labute approximate surface area is 137 Å². The summed E-state index contributed by atoms with van der Waals surface area (Å²) in [6.07, 6.45) is 0.802. The molecule has 3 aromatic rings. The van der Waals surface area contributed by atoms with E-state index in [1.807, 2.05) is 30.3 Å². The van der Waals surface area contributed by atoms with Crippen LogP contribution in [0, 0.1) is 0 Å². The van der Waals surface area contributed by atoms with Crippen molar-refractivity contribution >= 4 is 23.2 Å². The first kappa shape index (κ1) is 15.5. The van der Waals surface area contributed by atoms with E-state index in [2.05, 4.69) is 10.1 Å². The molecule has 1 N–H and O–H groups in total. The molecule has 2 aromatic heterocycles. The highest BCUT2D eigenvalue weighted by molar-refractivity contribution is 6.29. The van der Waals surface area contributed by atoms with Gasteiger partial charge in [0.2, 0.25) is 0 Å². The number of aromatic carboxylic acids is 1. The molecule has 0 radical (unpaired) electrons. The lowest BCUT2D eigenvalue weighted by atomic mass is 10.1. The van der Waals surface area contributed by atoms with Crippen molar-refractivity contribution in [3.05, 3.63) is 64.6 Å². The van der Waals surface area contributed by atoms with Crippen molar-refractivity contribution in [3.8, 4) is 0 Å². The molecule has 1 aromatic carbocycles. The molecule has 23 heavy (non-hydrogen) atoms. The van der Waals surface area contributed by atoms with Crippen LogP contribution in [0.25, 0.3) is 5.65 Å². The SMILES string of the molecule is CC(OCc1ccccc1)c1c(C(=O)O)cnc2cc(Cl)nn12. The van der Waals surface area contributed by atoms with Gasteiger partial charge in [-0.15, -0.1) is 0 Å². The van der Waals surface area contributed by atoms with Gasteiger partial charge in [0.1, 0.15) is 5.56 Å². The van der Waals surface area contributed by atoms with Crippen LogP contribution < -0.4 is 0 Å². The van der Waals surface area contributed by atoms with Crippen LogP contribution >= 0.6 is 11.6 Å². The Balaban J connectivity index is 1.96. The van der Waals surface area contributed by atoms with E-state index in [1.54, 1.807) is 13.0 Å². The van der Waals surface area contributed by atoms with Crippen LogP contribution in [-0.4, -0.2) is 25.7 Å². The highest BCUT2D eigenvalue weighted by Crippen LogP contribution is 2.24. The fourth-order valence-corrected chi connectivity index (χ4v) is 2.53. The summed E-state index contributed by atoms with van der Waals surface area (Å²) in [5.41, 5.74) is 1.92. The van der Waals surface area contributed by atoms with Gasteiger partial charge < -0.3 is 9.84 Å². The summed E-state index contributed by atoms with van der Waals surface area (Å²) < 4.78 is 7.25. The summed E-state index contributed by atoms with van der Waals surface area (Å²) in [5.74, 6) is -1.09. The molecule has 0 bridgehead atoms. The number of carboxylic acid groups (broad SMARTS) is 1. The lowest BCUT2D eigenvalue weighted by Gasteiger charge is -2.16. The molecule has 0 saturated heterocycles. The summed E-state index contributed by atoms with van der Waals surface area (Å²) in [5, 5.41) is 13.8. The monoisotopic (exact) mass is 331 g/mol. The molecule has 7 heteroatoms. The van der Waals surface area contributed by atoms with Crippen LogP contribution in [0.1, 0.15) is 34.6 Å². The predicted octanol–water partition coefficient (Wildman–Crippen LogP) is 3.36. The minimum atomic E-state index is -1.09.